The third-order valence-electron chi connectivity index (χ3n) is 4.32. The molecule has 0 saturated carbocycles. The fraction of sp³-hybridized carbons (Fsp3) is 0.647. The maximum atomic E-state index is 10.0. The molecule has 0 radical (unpaired) electrons. The number of aliphatic hydroxyl groups is 1. The van der Waals surface area contributed by atoms with Crippen LogP contribution in [0.1, 0.15) is 57.6 Å². The average Bonchev–Trinajstić information content (AvgIpc) is 2.65. The van der Waals surface area contributed by atoms with Crippen LogP contribution < -0.4 is 4.90 Å². The highest BCUT2D eigenvalue weighted by atomic mass is 79.9. The minimum absolute atomic E-state index is 0.419. The predicted octanol–water partition coefficient (Wildman–Crippen LogP) is 4.91. The molecule has 2 nitrogen and oxygen atoms in total. The van der Waals surface area contributed by atoms with Crippen molar-refractivity contribution in [3.8, 4) is 0 Å². The van der Waals surface area contributed by atoms with Gasteiger partial charge >= 0.3 is 0 Å². The molecule has 2 rings (SSSR count). The van der Waals surface area contributed by atoms with Crippen LogP contribution in [0.5, 0.6) is 0 Å². The number of rotatable bonds is 4. The lowest BCUT2D eigenvalue weighted by atomic mass is 9.96. The Bertz CT molecular complexity index is 433. The Morgan fingerprint density at radius 3 is 2.85 bits per heavy atom. The summed E-state index contributed by atoms with van der Waals surface area (Å²) in [6.45, 7) is 6.36. The first-order valence-corrected chi connectivity index (χ1v) is 8.63. The van der Waals surface area contributed by atoms with E-state index in [-0.39, 0.29) is 0 Å². The van der Waals surface area contributed by atoms with E-state index in [4.69, 9.17) is 0 Å². The van der Waals surface area contributed by atoms with Crippen molar-refractivity contribution in [3.05, 3.63) is 28.2 Å². The van der Waals surface area contributed by atoms with Gasteiger partial charge in [0.1, 0.15) is 0 Å². The normalized spacial score (nSPS) is 21.6. The summed E-state index contributed by atoms with van der Waals surface area (Å²) in [5.74, 6) is 0.885. The van der Waals surface area contributed by atoms with Crippen LogP contribution in [-0.2, 0) is 0 Å². The monoisotopic (exact) mass is 339 g/mol. The summed E-state index contributed by atoms with van der Waals surface area (Å²) in [6, 6.07) is 6.27. The third kappa shape index (κ3) is 3.98. The zero-order valence-corrected chi connectivity index (χ0v) is 14.2. The van der Waals surface area contributed by atoms with E-state index in [2.05, 4.69) is 46.0 Å². The molecule has 2 atom stereocenters. The van der Waals surface area contributed by atoms with Gasteiger partial charge in [-0.25, -0.2) is 0 Å². The number of hydrogen-bond acceptors (Lipinski definition) is 2. The molecule has 0 aromatic heterocycles. The highest BCUT2D eigenvalue weighted by Gasteiger charge is 2.20. The topological polar surface area (TPSA) is 23.5 Å². The Morgan fingerprint density at radius 1 is 1.35 bits per heavy atom. The minimum atomic E-state index is -0.419. The molecule has 20 heavy (non-hydrogen) atoms. The van der Waals surface area contributed by atoms with Gasteiger partial charge in [-0.05, 0) is 50.3 Å². The maximum absolute atomic E-state index is 10.0. The first kappa shape index (κ1) is 15.8. The fourth-order valence-electron chi connectivity index (χ4n) is 3.25. The van der Waals surface area contributed by atoms with E-state index in [1.807, 2.05) is 6.92 Å². The van der Waals surface area contributed by atoms with Crippen molar-refractivity contribution in [1.29, 1.82) is 0 Å². The van der Waals surface area contributed by atoms with Gasteiger partial charge < -0.3 is 10.0 Å². The van der Waals surface area contributed by atoms with Crippen molar-refractivity contribution in [2.24, 2.45) is 5.92 Å². The van der Waals surface area contributed by atoms with Gasteiger partial charge in [0.15, 0.2) is 0 Å². The van der Waals surface area contributed by atoms with E-state index in [0.717, 1.165) is 29.0 Å². The van der Waals surface area contributed by atoms with Crippen LogP contribution >= 0.6 is 15.9 Å². The Balaban J connectivity index is 2.15. The first-order chi connectivity index (χ1) is 9.61. The second-order valence-electron chi connectivity index (χ2n) is 5.95. The summed E-state index contributed by atoms with van der Waals surface area (Å²) >= 11 is 3.50. The minimum Gasteiger partial charge on any atom is -0.389 e. The van der Waals surface area contributed by atoms with Gasteiger partial charge in [-0.15, -0.1) is 0 Å². The third-order valence-corrected chi connectivity index (χ3v) is 4.82. The fourth-order valence-corrected chi connectivity index (χ4v) is 3.63. The van der Waals surface area contributed by atoms with Gasteiger partial charge in [-0.3, -0.25) is 0 Å². The zero-order chi connectivity index (χ0) is 14.5. The lowest BCUT2D eigenvalue weighted by Crippen LogP contribution is -2.25. The largest absolute Gasteiger partial charge is 0.389 e. The molecule has 112 valence electrons. The van der Waals surface area contributed by atoms with Crippen LogP contribution in [0.4, 0.5) is 5.69 Å². The molecule has 1 saturated heterocycles. The van der Waals surface area contributed by atoms with Crippen molar-refractivity contribution < 1.29 is 5.11 Å². The lowest BCUT2D eigenvalue weighted by molar-refractivity contribution is 0.199. The summed E-state index contributed by atoms with van der Waals surface area (Å²) in [6.07, 6.45) is 6.13. The van der Waals surface area contributed by atoms with Gasteiger partial charge in [0.05, 0.1) is 6.10 Å². The van der Waals surface area contributed by atoms with E-state index < -0.39 is 6.10 Å². The van der Waals surface area contributed by atoms with E-state index >= 15 is 0 Å². The van der Waals surface area contributed by atoms with Crippen molar-refractivity contribution in [1.82, 2.24) is 0 Å². The molecular formula is C17H26BrNO. The van der Waals surface area contributed by atoms with E-state index in [1.165, 1.54) is 37.8 Å². The second kappa shape index (κ2) is 7.46. The first-order valence-electron chi connectivity index (χ1n) is 7.84. The quantitative estimate of drug-likeness (QED) is 0.842. The molecule has 3 heteroatoms. The number of benzene rings is 1. The number of aliphatic hydroxyl groups excluding tert-OH is 1. The van der Waals surface area contributed by atoms with E-state index in [1.54, 1.807) is 0 Å². The van der Waals surface area contributed by atoms with Crippen LogP contribution in [-0.4, -0.2) is 18.2 Å². The summed E-state index contributed by atoms with van der Waals surface area (Å²) < 4.78 is 1.04. The molecule has 0 aliphatic carbocycles. The van der Waals surface area contributed by atoms with E-state index in [0.29, 0.717) is 0 Å². The maximum Gasteiger partial charge on any atom is 0.0782 e. The molecule has 0 amide bonds. The standard InChI is InChI=1S/C17H26BrNO/c1-3-5-14-6-4-10-19(11-9-14)17-8-7-15(18)12-16(17)13(2)20/h7-8,12-14,20H,3-6,9-11H2,1-2H3. The number of nitrogens with zero attached hydrogens (tertiary/aromatic N) is 1. The summed E-state index contributed by atoms with van der Waals surface area (Å²) in [5.41, 5.74) is 2.24. The van der Waals surface area contributed by atoms with Crippen LogP contribution in [0.3, 0.4) is 0 Å². The van der Waals surface area contributed by atoms with Gasteiger partial charge in [-0.2, -0.15) is 0 Å². The average molecular weight is 340 g/mol. The van der Waals surface area contributed by atoms with Crippen molar-refractivity contribution in [2.45, 2.75) is 52.1 Å². The lowest BCUT2D eigenvalue weighted by Gasteiger charge is -2.27. The molecule has 0 spiro atoms. The molecule has 1 aliphatic heterocycles. The molecule has 1 heterocycles. The highest BCUT2D eigenvalue weighted by molar-refractivity contribution is 9.10. The van der Waals surface area contributed by atoms with Crippen LogP contribution in [0.15, 0.2) is 22.7 Å². The second-order valence-corrected chi connectivity index (χ2v) is 6.87. The molecule has 1 fully saturated rings. The molecule has 1 N–H and O–H groups in total. The molecular weight excluding hydrogens is 314 g/mol. The molecule has 1 aliphatic rings. The van der Waals surface area contributed by atoms with Gasteiger partial charge in [0, 0.05) is 28.8 Å². The van der Waals surface area contributed by atoms with Crippen LogP contribution in [0.25, 0.3) is 0 Å². The van der Waals surface area contributed by atoms with Crippen molar-refractivity contribution in [2.75, 3.05) is 18.0 Å². The summed E-state index contributed by atoms with van der Waals surface area (Å²) in [4.78, 5) is 2.46. The Morgan fingerprint density at radius 2 is 2.15 bits per heavy atom. The smallest absolute Gasteiger partial charge is 0.0782 e. The van der Waals surface area contributed by atoms with Gasteiger partial charge in [-0.1, -0.05) is 35.7 Å². The molecule has 2 unspecified atom stereocenters. The summed E-state index contributed by atoms with van der Waals surface area (Å²) in [7, 11) is 0. The van der Waals surface area contributed by atoms with Crippen LogP contribution in [0, 0.1) is 5.92 Å². The van der Waals surface area contributed by atoms with Crippen molar-refractivity contribution in [3.63, 3.8) is 0 Å². The van der Waals surface area contributed by atoms with Gasteiger partial charge in [0.2, 0.25) is 0 Å². The number of anilines is 1. The Labute approximate surface area is 131 Å². The van der Waals surface area contributed by atoms with Gasteiger partial charge in [0.25, 0.3) is 0 Å². The SMILES string of the molecule is CCCC1CCCN(c2ccc(Br)cc2C(C)O)CC1. The van der Waals surface area contributed by atoms with Crippen molar-refractivity contribution >= 4 is 21.6 Å². The number of halogens is 1. The molecule has 1 aromatic rings. The Hall–Kier alpha value is -0.540. The number of hydrogen-bond donors (Lipinski definition) is 1. The van der Waals surface area contributed by atoms with Crippen LogP contribution in [0.2, 0.25) is 0 Å². The molecule has 0 bridgehead atoms. The Kier molecular flexibility index (Phi) is 5.91. The zero-order valence-electron chi connectivity index (χ0n) is 12.6. The molecule has 1 aromatic carbocycles. The predicted molar refractivity (Wildman–Crippen MR) is 89.2 cm³/mol. The summed E-state index contributed by atoms with van der Waals surface area (Å²) in [5, 5.41) is 10.0. The van der Waals surface area contributed by atoms with E-state index in [9.17, 15) is 5.11 Å². The highest BCUT2D eigenvalue weighted by Crippen LogP contribution is 2.32.